The molecule has 0 radical (unpaired) electrons. The standard InChI is InChI=1S/C17H22N2O4S/c1-17(20)8-10-23-12-15(17)16-3-2-9-19(16)24(21,22)14-6-4-13(11-18)5-7-14/h4-7,15-16,20H,2-3,8-10,12H2,1H3. The molecule has 2 heterocycles. The highest BCUT2D eigenvalue weighted by Gasteiger charge is 2.47. The van der Waals surface area contributed by atoms with Crippen molar-refractivity contribution >= 4 is 10.0 Å². The van der Waals surface area contributed by atoms with Crippen LogP contribution in [0.4, 0.5) is 0 Å². The smallest absolute Gasteiger partial charge is 0.243 e. The van der Waals surface area contributed by atoms with Gasteiger partial charge in [-0.05, 0) is 50.5 Å². The van der Waals surface area contributed by atoms with Crippen molar-refractivity contribution in [3.63, 3.8) is 0 Å². The zero-order valence-corrected chi connectivity index (χ0v) is 14.5. The van der Waals surface area contributed by atoms with Crippen molar-refractivity contribution in [1.29, 1.82) is 5.26 Å². The Morgan fingerprint density at radius 1 is 1.38 bits per heavy atom. The fourth-order valence-corrected chi connectivity index (χ4v) is 5.41. The first kappa shape index (κ1) is 17.4. The van der Waals surface area contributed by atoms with Crippen LogP contribution in [0.25, 0.3) is 0 Å². The van der Waals surface area contributed by atoms with Crippen molar-refractivity contribution in [1.82, 2.24) is 4.31 Å². The van der Waals surface area contributed by atoms with E-state index in [1.54, 1.807) is 6.92 Å². The average Bonchev–Trinajstić information content (AvgIpc) is 3.04. The van der Waals surface area contributed by atoms with Gasteiger partial charge in [0.25, 0.3) is 0 Å². The molecule has 3 rings (SSSR count). The number of benzene rings is 1. The lowest BCUT2D eigenvalue weighted by Gasteiger charge is -2.42. The minimum absolute atomic E-state index is 0.185. The van der Waals surface area contributed by atoms with Crippen LogP contribution in [0, 0.1) is 17.2 Å². The van der Waals surface area contributed by atoms with E-state index < -0.39 is 15.6 Å². The summed E-state index contributed by atoms with van der Waals surface area (Å²) in [5.74, 6) is -0.234. The van der Waals surface area contributed by atoms with Gasteiger partial charge in [-0.15, -0.1) is 0 Å². The van der Waals surface area contributed by atoms with Crippen LogP contribution >= 0.6 is 0 Å². The maximum atomic E-state index is 13.0. The Kier molecular flexibility index (Phi) is 4.67. The molecule has 24 heavy (non-hydrogen) atoms. The van der Waals surface area contributed by atoms with Gasteiger partial charge < -0.3 is 9.84 Å². The first-order chi connectivity index (χ1) is 11.4. The third kappa shape index (κ3) is 3.07. The van der Waals surface area contributed by atoms with Gasteiger partial charge in [0.15, 0.2) is 0 Å². The molecule has 0 bridgehead atoms. The van der Waals surface area contributed by atoms with Crippen molar-refractivity contribution in [3.8, 4) is 6.07 Å². The molecule has 130 valence electrons. The van der Waals surface area contributed by atoms with Crippen LogP contribution < -0.4 is 0 Å². The molecule has 0 spiro atoms. The SMILES string of the molecule is CC1(O)CCOCC1C1CCCN1S(=O)(=O)c1ccc(C#N)cc1. The van der Waals surface area contributed by atoms with Gasteiger partial charge >= 0.3 is 0 Å². The monoisotopic (exact) mass is 350 g/mol. The van der Waals surface area contributed by atoms with Crippen LogP contribution in [0.5, 0.6) is 0 Å². The zero-order chi connectivity index (χ0) is 17.4. The molecule has 3 atom stereocenters. The van der Waals surface area contributed by atoms with Gasteiger partial charge in [-0.1, -0.05) is 0 Å². The van der Waals surface area contributed by atoms with Gasteiger partial charge in [-0.2, -0.15) is 9.57 Å². The summed E-state index contributed by atoms with van der Waals surface area (Å²) >= 11 is 0. The molecule has 0 aromatic heterocycles. The summed E-state index contributed by atoms with van der Waals surface area (Å²) in [6.45, 7) is 3.08. The maximum Gasteiger partial charge on any atom is 0.243 e. The summed E-state index contributed by atoms with van der Waals surface area (Å²) in [5.41, 5.74) is -0.498. The number of nitriles is 1. The van der Waals surface area contributed by atoms with E-state index in [9.17, 15) is 13.5 Å². The molecule has 0 saturated carbocycles. The largest absolute Gasteiger partial charge is 0.390 e. The highest BCUT2D eigenvalue weighted by Crippen LogP contribution is 2.38. The van der Waals surface area contributed by atoms with E-state index in [-0.39, 0.29) is 16.9 Å². The first-order valence-corrected chi connectivity index (χ1v) is 9.62. The Morgan fingerprint density at radius 3 is 2.71 bits per heavy atom. The third-order valence-corrected chi connectivity index (χ3v) is 7.09. The van der Waals surface area contributed by atoms with Crippen LogP contribution in [0.1, 0.15) is 31.7 Å². The van der Waals surface area contributed by atoms with E-state index in [2.05, 4.69) is 0 Å². The van der Waals surface area contributed by atoms with Crippen LogP contribution in [0.2, 0.25) is 0 Å². The Balaban J connectivity index is 1.90. The zero-order valence-electron chi connectivity index (χ0n) is 13.7. The summed E-state index contributed by atoms with van der Waals surface area (Å²) in [7, 11) is -3.66. The van der Waals surface area contributed by atoms with Crippen molar-refractivity contribution in [3.05, 3.63) is 29.8 Å². The molecule has 2 aliphatic heterocycles. The van der Waals surface area contributed by atoms with Gasteiger partial charge in [0.05, 0.1) is 28.7 Å². The Hall–Kier alpha value is -1.46. The van der Waals surface area contributed by atoms with Gasteiger partial charge in [-0.25, -0.2) is 8.42 Å². The van der Waals surface area contributed by atoms with E-state index in [0.29, 0.717) is 31.7 Å². The number of ether oxygens (including phenoxy) is 1. The second-order valence-electron chi connectivity index (χ2n) is 6.75. The Bertz CT molecular complexity index is 737. The predicted octanol–water partition coefficient (Wildman–Crippen LogP) is 1.50. The number of rotatable bonds is 3. The highest BCUT2D eigenvalue weighted by atomic mass is 32.2. The molecular formula is C17H22N2O4S. The summed E-state index contributed by atoms with van der Waals surface area (Å²) in [4.78, 5) is 0.185. The van der Waals surface area contributed by atoms with Gasteiger partial charge in [0, 0.05) is 25.1 Å². The molecule has 0 amide bonds. The van der Waals surface area contributed by atoms with E-state index in [1.165, 1.54) is 28.6 Å². The molecular weight excluding hydrogens is 328 g/mol. The molecule has 0 aliphatic carbocycles. The molecule has 2 fully saturated rings. The summed E-state index contributed by atoms with van der Waals surface area (Å²) in [5, 5.41) is 19.5. The van der Waals surface area contributed by atoms with Gasteiger partial charge in [0.1, 0.15) is 0 Å². The van der Waals surface area contributed by atoms with Crippen molar-refractivity contribution < 1.29 is 18.3 Å². The fourth-order valence-electron chi connectivity index (χ4n) is 3.68. The van der Waals surface area contributed by atoms with Crippen molar-refractivity contribution in [2.24, 2.45) is 5.92 Å². The topological polar surface area (TPSA) is 90.6 Å². The number of nitrogens with zero attached hydrogens (tertiary/aromatic N) is 2. The summed E-state index contributed by atoms with van der Waals surface area (Å²) in [6.07, 6.45) is 2.01. The van der Waals surface area contributed by atoms with Crippen molar-refractivity contribution in [2.45, 2.75) is 42.7 Å². The lowest BCUT2D eigenvalue weighted by molar-refractivity contribution is -0.116. The van der Waals surface area contributed by atoms with E-state index >= 15 is 0 Å². The molecule has 3 unspecified atom stereocenters. The van der Waals surface area contributed by atoms with Crippen LogP contribution in [0.15, 0.2) is 29.2 Å². The van der Waals surface area contributed by atoms with Crippen LogP contribution in [-0.4, -0.2) is 49.2 Å². The van der Waals surface area contributed by atoms with E-state index in [0.717, 1.165) is 12.8 Å². The molecule has 2 aliphatic rings. The second kappa shape index (κ2) is 6.45. The minimum Gasteiger partial charge on any atom is -0.390 e. The number of hydrogen-bond donors (Lipinski definition) is 1. The maximum absolute atomic E-state index is 13.0. The molecule has 7 heteroatoms. The predicted molar refractivity (Wildman–Crippen MR) is 87.6 cm³/mol. The quantitative estimate of drug-likeness (QED) is 0.892. The van der Waals surface area contributed by atoms with Crippen molar-refractivity contribution in [2.75, 3.05) is 19.8 Å². The van der Waals surface area contributed by atoms with Crippen LogP contribution in [0.3, 0.4) is 0 Å². The number of aliphatic hydroxyl groups is 1. The van der Waals surface area contributed by atoms with Crippen LogP contribution in [-0.2, 0) is 14.8 Å². The molecule has 1 aromatic rings. The number of hydrogen-bond acceptors (Lipinski definition) is 5. The van der Waals surface area contributed by atoms with Gasteiger partial charge in [0.2, 0.25) is 10.0 Å². The van der Waals surface area contributed by atoms with E-state index in [1.807, 2.05) is 6.07 Å². The van der Waals surface area contributed by atoms with E-state index in [4.69, 9.17) is 10.00 Å². The second-order valence-corrected chi connectivity index (χ2v) is 8.64. The fraction of sp³-hybridized carbons (Fsp3) is 0.588. The molecule has 1 aromatic carbocycles. The third-order valence-electron chi connectivity index (χ3n) is 5.15. The summed E-state index contributed by atoms with van der Waals surface area (Å²) in [6, 6.07) is 7.69. The summed E-state index contributed by atoms with van der Waals surface area (Å²) < 4.78 is 33.0. The first-order valence-electron chi connectivity index (χ1n) is 8.18. The molecule has 6 nitrogen and oxygen atoms in total. The Morgan fingerprint density at radius 2 is 2.08 bits per heavy atom. The lowest BCUT2D eigenvalue weighted by atomic mass is 9.80. The lowest BCUT2D eigenvalue weighted by Crippen LogP contribution is -2.53. The Labute approximate surface area is 142 Å². The highest BCUT2D eigenvalue weighted by molar-refractivity contribution is 7.89. The molecule has 1 N–H and O–H groups in total. The number of sulfonamides is 1. The minimum atomic E-state index is -3.66. The normalized spacial score (nSPS) is 31.7. The van der Waals surface area contributed by atoms with Gasteiger partial charge in [-0.3, -0.25) is 0 Å². The average molecular weight is 350 g/mol. The molecule has 2 saturated heterocycles.